The molecule has 8 nitrogen and oxygen atoms in total. The molecule has 0 N–H and O–H groups in total. The summed E-state index contributed by atoms with van der Waals surface area (Å²) in [6, 6.07) is 5.18. The maximum absolute atomic E-state index is 11.7. The Hall–Kier alpha value is -2.42. The molecule has 24 heavy (non-hydrogen) atoms. The first-order valence-electron chi connectivity index (χ1n) is 7.45. The van der Waals surface area contributed by atoms with Gasteiger partial charge in [0.2, 0.25) is 0 Å². The molecule has 0 radical (unpaired) electrons. The van der Waals surface area contributed by atoms with Gasteiger partial charge in [0.25, 0.3) is 0 Å². The standard InChI is InChI=1S/C15H18N4O4S/c1-23-15(20)13-9-19(17-16-13)10-18-7-3-4-11-8-12(24(2,21)22)5-6-14(11)18/h5-6,8-9H,3-4,7,10H2,1-2H3. The summed E-state index contributed by atoms with van der Waals surface area (Å²) in [6.07, 6.45) is 4.49. The molecule has 0 unspecified atom stereocenters. The highest BCUT2D eigenvalue weighted by Crippen LogP contribution is 2.29. The van der Waals surface area contributed by atoms with Crippen LogP contribution in [-0.2, 0) is 27.7 Å². The second kappa shape index (κ2) is 6.23. The normalized spacial score (nSPS) is 14.3. The van der Waals surface area contributed by atoms with Crippen LogP contribution < -0.4 is 4.90 Å². The van der Waals surface area contributed by atoms with Crippen LogP contribution in [0.2, 0.25) is 0 Å². The molecule has 0 aliphatic carbocycles. The van der Waals surface area contributed by atoms with Crippen molar-refractivity contribution in [2.24, 2.45) is 0 Å². The molecule has 128 valence electrons. The Bertz CT molecular complexity index is 875. The highest BCUT2D eigenvalue weighted by molar-refractivity contribution is 7.90. The van der Waals surface area contributed by atoms with Crippen molar-refractivity contribution in [2.75, 3.05) is 24.8 Å². The molecule has 0 saturated carbocycles. The number of esters is 1. The van der Waals surface area contributed by atoms with Crippen LogP contribution in [0.5, 0.6) is 0 Å². The minimum atomic E-state index is -3.22. The first kappa shape index (κ1) is 16.4. The van der Waals surface area contributed by atoms with Gasteiger partial charge in [0.05, 0.1) is 18.2 Å². The van der Waals surface area contributed by atoms with E-state index in [9.17, 15) is 13.2 Å². The summed E-state index contributed by atoms with van der Waals surface area (Å²) < 4.78 is 29.6. The van der Waals surface area contributed by atoms with Crippen molar-refractivity contribution in [3.8, 4) is 0 Å². The molecule has 0 saturated heterocycles. The Kier molecular flexibility index (Phi) is 4.27. The molecular formula is C15H18N4O4S. The molecule has 1 aliphatic heterocycles. The number of sulfone groups is 1. The van der Waals surface area contributed by atoms with Crippen molar-refractivity contribution < 1.29 is 17.9 Å². The molecule has 0 bridgehead atoms. The largest absolute Gasteiger partial charge is 0.464 e. The Balaban J connectivity index is 1.85. The minimum absolute atomic E-state index is 0.155. The van der Waals surface area contributed by atoms with Gasteiger partial charge in [-0.15, -0.1) is 5.10 Å². The van der Waals surface area contributed by atoms with Gasteiger partial charge in [0.15, 0.2) is 15.5 Å². The number of ether oxygens (including phenoxy) is 1. The lowest BCUT2D eigenvalue weighted by Gasteiger charge is -2.31. The number of carbonyl (C=O) groups is 1. The van der Waals surface area contributed by atoms with E-state index in [2.05, 4.69) is 19.9 Å². The quantitative estimate of drug-likeness (QED) is 0.755. The van der Waals surface area contributed by atoms with Crippen LogP contribution in [0.1, 0.15) is 22.5 Å². The minimum Gasteiger partial charge on any atom is -0.464 e. The number of methoxy groups -OCH3 is 1. The Morgan fingerprint density at radius 2 is 2.17 bits per heavy atom. The number of aromatic nitrogens is 3. The summed E-state index contributed by atoms with van der Waals surface area (Å²) in [6.45, 7) is 1.24. The van der Waals surface area contributed by atoms with E-state index in [0.717, 1.165) is 30.6 Å². The summed E-state index contributed by atoms with van der Waals surface area (Å²) in [5.74, 6) is -0.530. The summed E-state index contributed by atoms with van der Waals surface area (Å²) in [5, 5.41) is 7.72. The zero-order valence-electron chi connectivity index (χ0n) is 13.5. The van der Waals surface area contributed by atoms with Gasteiger partial charge in [-0.2, -0.15) is 0 Å². The maximum Gasteiger partial charge on any atom is 0.360 e. The average Bonchev–Trinajstić information content (AvgIpc) is 3.01. The third-order valence-corrected chi connectivity index (χ3v) is 5.05. The second-order valence-corrected chi connectivity index (χ2v) is 7.72. The number of benzene rings is 1. The number of carbonyl (C=O) groups excluding carboxylic acids is 1. The van der Waals surface area contributed by atoms with E-state index < -0.39 is 15.8 Å². The SMILES string of the molecule is COC(=O)c1cn(CN2CCCc3cc(S(C)(=O)=O)ccc32)nn1. The number of anilines is 1. The van der Waals surface area contributed by atoms with Gasteiger partial charge in [0.1, 0.15) is 6.67 Å². The van der Waals surface area contributed by atoms with Crippen molar-refractivity contribution in [1.82, 2.24) is 15.0 Å². The van der Waals surface area contributed by atoms with Gasteiger partial charge >= 0.3 is 5.97 Å². The summed E-state index contributed by atoms with van der Waals surface area (Å²) in [7, 11) is -1.93. The molecule has 0 fully saturated rings. The molecule has 1 aromatic heterocycles. The maximum atomic E-state index is 11.7. The number of hydrogen-bond donors (Lipinski definition) is 0. The monoisotopic (exact) mass is 350 g/mol. The molecule has 9 heteroatoms. The van der Waals surface area contributed by atoms with E-state index in [1.807, 2.05) is 6.07 Å². The molecule has 2 aromatic rings. The first-order valence-corrected chi connectivity index (χ1v) is 9.34. The van der Waals surface area contributed by atoms with Crippen molar-refractivity contribution in [2.45, 2.75) is 24.4 Å². The molecule has 1 aromatic carbocycles. The van der Waals surface area contributed by atoms with Crippen molar-refractivity contribution in [1.29, 1.82) is 0 Å². The molecule has 0 atom stereocenters. The second-order valence-electron chi connectivity index (χ2n) is 5.71. The van der Waals surface area contributed by atoms with E-state index in [0.29, 0.717) is 11.6 Å². The molecule has 2 heterocycles. The highest BCUT2D eigenvalue weighted by Gasteiger charge is 2.20. The van der Waals surface area contributed by atoms with Crippen LogP contribution in [0.15, 0.2) is 29.3 Å². The van der Waals surface area contributed by atoms with Crippen molar-refractivity contribution >= 4 is 21.5 Å². The van der Waals surface area contributed by atoms with Crippen molar-refractivity contribution in [3.05, 3.63) is 35.7 Å². The number of aryl methyl sites for hydroxylation is 1. The zero-order chi connectivity index (χ0) is 17.3. The van der Waals surface area contributed by atoms with Crippen LogP contribution in [-0.4, -0.2) is 49.3 Å². The van der Waals surface area contributed by atoms with Gasteiger partial charge in [-0.3, -0.25) is 0 Å². The molecule has 0 spiro atoms. The fourth-order valence-electron chi connectivity index (χ4n) is 2.77. The Labute approximate surface area is 139 Å². The van der Waals surface area contributed by atoms with Gasteiger partial charge in [-0.05, 0) is 36.6 Å². The van der Waals surface area contributed by atoms with Crippen LogP contribution in [0, 0.1) is 0 Å². The third kappa shape index (κ3) is 3.25. The zero-order valence-corrected chi connectivity index (χ0v) is 14.3. The lowest BCUT2D eigenvalue weighted by Crippen LogP contribution is -2.31. The molecule has 1 aliphatic rings. The van der Waals surface area contributed by atoms with Gasteiger partial charge < -0.3 is 9.64 Å². The van der Waals surface area contributed by atoms with Crippen LogP contribution >= 0.6 is 0 Å². The fraction of sp³-hybridized carbons (Fsp3) is 0.400. The number of fused-ring (bicyclic) bond motifs is 1. The molecule has 3 rings (SSSR count). The summed E-state index contributed by atoms with van der Waals surface area (Å²) in [4.78, 5) is 13.9. The molecular weight excluding hydrogens is 332 g/mol. The number of hydrogen-bond acceptors (Lipinski definition) is 7. The lowest BCUT2D eigenvalue weighted by molar-refractivity contribution is 0.0594. The van der Waals surface area contributed by atoms with Crippen LogP contribution in [0.4, 0.5) is 5.69 Å². The van der Waals surface area contributed by atoms with Crippen molar-refractivity contribution in [3.63, 3.8) is 0 Å². The Morgan fingerprint density at radius 1 is 1.38 bits per heavy atom. The number of rotatable bonds is 4. The Morgan fingerprint density at radius 3 is 2.88 bits per heavy atom. The van der Waals surface area contributed by atoms with E-state index in [4.69, 9.17) is 0 Å². The smallest absolute Gasteiger partial charge is 0.360 e. The average molecular weight is 350 g/mol. The highest BCUT2D eigenvalue weighted by atomic mass is 32.2. The van der Waals surface area contributed by atoms with Gasteiger partial charge in [-0.1, -0.05) is 5.21 Å². The predicted octanol–water partition coefficient (Wildman–Crippen LogP) is 0.878. The van der Waals surface area contributed by atoms with Crippen LogP contribution in [0.25, 0.3) is 0 Å². The van der Waals surface area contributed by atoms with E-state index in [-0.39, 0.29) is 5.69 Å². The van der Waals surface area contributed by atoms with Crippen LogP contribution in [0.3, 0.4) is 0 Å². The predicted molar refractivity (Wildman–Crippen MR) is 86.6 cm³/mol. The molecule has 0 amide bonds. The topological polar surface area (TPSA) is 94.4 Å². The summed E-state index contributed by atoms with van der Waals surface area (Å²) >= 11 is 0. The van der Waals surface area contributed by atoms with Gasteiger partial charge in [-0.25, -0.2) is 17.9 Å². The lowest BCUT2D eigenvalue weighted by atomic mass is 10.0. The van der Waals surface area contributed by atoms with E-state index in [1.54, 1.807) is 16.8 Å². The number of nitrogens with zero attached hydrogens (tertiary/aromatic N) is 4. The fourth-order valence-corrected chi connectivity index (χ4v) is 3.44. The summed E-state index contributed by atoms with van der Waals surface area (Å²) in [5.41, 5.74) is 2.13. The van der Waals surface area contributed by atoms with E-state index in [1.165, 1.54) is 19.6 Å². The first-order chi connectivity index (χ1) is 11.4. The van der Waals surface area contributed by atoms with E-state index >= 15 is 0 Å². The van der Waals surface area contributed by atoms with Gasteiger partial charge in [0, 0.05) is 18.5 Å². The third-order valence-electron chi connectivity index (χ3n) is 3.94.